The smallest absolute Gasteiger partial charge is 0.251 e. The minimum atomic E-state index is -0.157. The third-order valence-electron chi connectivity index (χ3n) is 3.93. The van der Waals surface area contributed by atoms with Gasteiger partial charge in [-0.2, -0.15) is 0 Å². The Morgan fingerprint density at radius 2 is 2.07 bits per heavy atom. The molecule has 2 aromatic carbocycles. The van der Waals surface area contributed by atoms with Crippen LogP contribution in [0.15, 0.2) is 52.4 Å². The molecule has 5 nitrogen and oxygen atoms in total. The number of thiazole rings is 1. The van der Waals surface area contributed by atoms with Crippen LogP contribution >= 0.6 is 34.7 Å². The van der Waals surface area contributed by atoms with Crippen molar-refractivity contribution >= 4 is 52.6 Å². The molecule has 0 aliphatic rings. The number of nitrogens with one attached hydrogen (secondary N) is 2. The number of benzene rings is 2. The molecule has 3 rings (SSSR count). The highest BCUT2D eigenvalue weighted by atomic mass is 35.5. The molecule has 0 aliphatic carbocycles. The van der Waals surface area contributed by atoms with Gasteiger partial charge in [0.05, 0.1) is 11.6 Å². The van der Waals surface area contributed by atoms with Crippen molar-refractivity contribution in [2.45, 2.75) is 23.3 Å². The van der Waals surface area contributed by atoms with Crippen LogP contribution in [0.5, 0.6) is 0 Å². The lowest BCUT2D eigenvalue weighted by Gasteiger charge is -2.12. The molecule has 28 heavy (non-hydrogen) atoms. The highest BCUT2D eigenvalue weighted by molar-refractivity contribution is 7.99. The molecule has 0 atom stereocenters. The number of amides is 1. The van der Waals surface area contributed by atoms with Gasteiger partial charge >= 0.3 is 0 Å². The van der Waals surface area contributed by atoms with Crippen LogP contribution in [0, 0.1) is 6.92 Å². The molecule has 1 heterocycles. The predicted octanol–water partition coefficient (Wildman–Crippen LogP) is 5.04. The quantitative estimate of drug-likeness (QED) is 0.513. The van der Waals surface area contributed by atoms with Crippen molar-refractivity contribution < 1.29 is 9.59 Å². The second-order valence-electron chi connectivity index (χ2n) is 5.89. The molecule has 2 N–H and O–H groups in total. The van der Waals surface area contributed by atoms with E-state index in [2.05, 4.69) is 15.6 Å². The molecular weight excluding hydrogens is 414 g/mol. The zero-order chi connectivity index (χ0) is 20.1. The number of aldehydes is 1. The van der Waals surface area contributed by atoms with Gasteiger partial charge in [0.25, 0.3) is 5.91 Å². The number of aromatic nitrogens is 1. The molecule has 0 unspecified atom stereocenters. The first-order valence-electron chi connectivity index (χ1n) is 8.44. The summed E-state index contributed by atoms with van der Waals surface area (Å²) in [6.45, 7) is 2.38. The SMILES string of the molecule is CNc1cc(C(=O)NCc2cnc(C)s2)ccc1Sc1cc(Cl)ccc1C=O. The van der Waals surface area contributed by atoms with Crippen molar-refractivity contribution in [3.05, 3.63) is 68.6 Å². The van der Waals surface area contributed by atoms with Gasteiger partial charge in [-0.1, -0.05) is 23.4 Å². The molecule has 0 spiro atoms. The van der Waals surface area contributed by atoms with Crippen molar-refractivity contribution in [2.75, 3.05) is 12.4 Å². The monoisotopic (exact) mass is 431 g/mol. The lowest BCUT2D eigenvalue weighted by molar-refractivity contribution is 0.0951. The van der Waals surface area contributed by atoms with Crippen molar-refractivity contribution in [2.24, 2.45) is 0 Å². The van der Waals surface area contributed by atoms with E-state index in [4.69, 9.17) is 11.6 Å². The van der Waals surface area contributed by atoms with Gasteiger partial charge in [-0.25, -0.2) is 4.98 Å². The maximum absolute atomic E-state index is 12.5. The Hall–Kier alpha value is -2.35. The maximum atomic E-state index is 12.5. The number of halogens is 1. The van der Waals surface area contributed by atoms with Crippen LogP contribution in [0.2, 0.25) is 5.02 Å². The summed E-state index contributed by atoms with van der Waals surface area (Å²) in [5.41, 5.74) is 1.91. The van der Waals surface area contributed by atoms with Gasteiger partial charge in [-0.05, 0) is 43.3 Å². The molecule has 1 aromatic heterocycles. The summed E-state index contributed by atoms with van der Waals surface area (Å²) in [5.74, 6) is -0.157. The van der Waals surface area contributed by atoms with Crippen LogP contribution in [0.1, 0.15) is 30.6 Å². The van der Waals surface area contributed by atoms with Crippen LogP contribution in [-0.4, -0.2) is 24.2 Å². The summed E-state index contributed by atoms with van der Waals surface area (Å²) in [5, 5.41) is 7.55. The fourth-order valence-electron chi connectivity index (χ4n) is 2.52. The summed E-state index contributed by atoms with van der Waals surface area (Å²) in [7, 11) is 1.79. The van der Waals surface area contributed by atoms with Crippen molar-refractivity contribution in [3.8, 4) is 0 Å². The summed E-state index contributed by atoms with van der Waals surface area (Å²) >= 11 is 9.05. The Morgan fingerprint density at radius 1 is 1.25 bits per heavy atom. The predicted molar refractivity (Wildman–Crippen MR) is 115 cm³/mol. The Labute approximate surface area is 176 Å². The third-order valence-corrected chi connectivity index (χ3v) is 6.22. The molecule has 144 valence electrons. The van der Waals surface area contributed by atoms with Crippen molar-refractivity contribution in [1.82, 2.24) is 10.3 Å². The molecule has 3 aromatic rings. The number of anilines is 1. The van der Waals surface area contributed by atoms with E-state index in [-0.39, 0.29) is 5.91 Å². The van der Waals surface area contributed by atoms with E-state index >= 15 is 0 Å². The van der Waals surface area contributed by atoms with Gasteiger partial charge in [-0.15, -0.1) is 11.3 Å². The molecule has 0 radical (unpaired) electrons. The lowest BCUT2D eigenvalue weighted by atomic mass is 10.2. The largest absolute Gasteiger partial charge is 0.387 e. The highest BCUT2D eigenvalue weighted by Crippen LogP contribution is 2.36. The first-order valence-corrected chi connectivity index (χ1v) is 10.4. The van der Waals surface area contributed by atoms with E-state index in [1.54, 1.807) is 54.9 Å². The van der Waals surface area contributed by atoms with E-state index in [0.717, 1.165) is 31.6 Å². The molecule has 8 heteroatoms. The zero-order valence-electron chi connectivity index (χ0n) is 15.3. The van der Waals surface area contributed by atoms with Crippen LogP contribution in [-0.2, 0) is 6.54 Å². The van der Waals surface area contributed by atoms with Gasteiger partial charge in [0, 0.05) is 49.7 Å². The highest BCUT2D eigenvalue weighted by Gasteiger charge is 2.12. The van der Waals surface area contributed by atoms with Crippen molar-refractivity contribution in [3.63, 3.8) is 0 Å². The van der Waals surface area contributed by atoms with E-state index in [9.17, 15) is 9.59 Å². The van der Waals surface area contributed by atoms with Gasteiger partial charge in [0.1, 0.15) is 0 Å². The number of carbonyl (C=O) groups is 2. The van der Waals surface area contributed by atoms with E-state index in [1.165, 1.54) is 11.8 Å². The van der Waals surface area contributed by atoms with E-state index in [1.807, 2.05) is 13.0 Å². The average molecular weight is 432 g/mol. The van der Waals surface area contributed by atoms with E-state index in [0.29, 0.717) is 22.7 Å². The number of nitrogens with zero attached hydrogens (tertiary/aromatic N) is 1. The summed E-state index contributed by atoms with van der Waals surface area (Å²) in [6.07, 6.45) is 2.58. The summed E-state index contributed by atoms with van der Waals surface area (Å²) in [4.78, 5) is 30.6. The van der Waals surface area contributed by atoms with Crippen molar-refractivity contribution in [1.29, 1.82) is 0 Å². The van der Waals surface area contributed by atoms with E-state index < -0.39 is 0 Å². The minimum Gasteiger partial charge on any atom is -0.387 e. The molecular formula is C20H18ClN3O2S2. The molecule has 0 aliphatic heterocycles. The van der Waals surface area contributed by atoms with Crippen LogP contribution in [0.3, 0.4) is 0 Å². The molecule has 0 saturated heterocycles. The number of aryl methyl sites for hydroxylation is 1. The first-order chi connectivity index (χ1) is 13.5. The molecule has 0 bridgehead atoms. The number of rotatable bonds is 7. The average Bonchev–Trinajstić information content (AvgIpc) is 3.12. The van der Waals surface area contributed by atoms with Crippen LogP contribution in [0.25, 0.3) is 0 Å². The van der Waals surface area contributed by atoms with Crippen LogP contribution in [0.4, 0.5) is 5.69 Å². The first kappa shape index (κ1) is 20.4. The Balaban J connectivity index is 1.77. The van der Waals surface area contributed by atoms with Gasteiger partial charge in [-0.3, -0.25) is 9.59 Å². The Kier molecular flexibility index (Phi) is 6.72. The Morgan fingerprint density at radius 3 is 2.75 bits per heavy atom. The minimum absolute atomic E-state index is 0.157. The van der Waals surface area contributed by atoms with Gasteiger partial charge in [0.2, 0.25) is 0 Å². The maximum Gasteiger partial charge on any atom is 0.251 e. The second kappa shape index (κ2) is 9.23. The second-order valence-corrected chi connectivity index (χ2v) is 8.73. The summed E-state index contributed by atoms with van der Waals surface area (Å²) < 4.78 is 0. The molecule has 0 fully saturated rings. The fourth-order valence-corrected chi connectivity index (χ4v) is 4.56. The molecule has 0 saturated carbocycles. The standard InChI is InChI=1S/C20H18ClN3O2S2/c1-12-23-9-16(27-12)10-24-20(26)13-4-6-18(17(7-13)22-2)28-19-8-15(21)5-3-14(19)11-25/h3-9,11,22H,10H2,1-2H3,(H,24,26). The molecule has 1 amide bonds. The third kappa shape index (κ3) is 4.92. The Bertz CT molecular complexity index is 1020. The summed E-state index contributed by atoms with van der Waals surface area (Å²) in [6, 6.07) is 10.6. The fraction of sp³-hybridized carbons (Fsp3) is 0.150. The van der Waals surface area contributed by atoms with Gasteiger partial charge < -0.3 is 10.6 Å². The number of hydrogen-bond donors (Lipinski definition) is 2. The number of carbonyl (C=O) groups excluding carboxylic acids is 2. The lowest BCUT2D eigenvalue weighted by Crippen LogP contribution is -2.22. The zero-order valence-corrected chi connectivity index (χ0v) is 17.7. The normalized spacial score (nSPS) is 10.5. The van der Waals surface area contributed by atoms with Gasteiger partial charge in [0.15, 0.2) is 6.29 Å². The van der Waals surface area contributed by atoms with Crippen LogP contribution < -0.4 is 10.6 Å². The topological polar surface area (TPSA) is 71.1 Å². The number of hydrogen-bond acceptors (Lipinski definition) is 6.